The van der Waals surface area contributed by atoms with Crippen molar-refractivity contribution in [3.63, 3.8) is 0 Å². The molecule has 0 saturated carbocycles. The number of hydrogen-bond donors (Lipinski definition) is 2. The zero-order valence-electron chi connectivity index (χ0n) is 15.3. The van der Waals surface area contributed by atoms with Crippen LogP contribution in [-0.2, 0) is 4.79 Å². The minimum atomic E-state index is 0.00872. The first-order valence-electron chi connectivity index (χ1n) is 8.60. The second kappa shape index (κ2) is 8.38. The van der Waals surface area contributed by atoms with E-state index in [-0.39, 0.29) is 11.9 Å². The molecular formula is C20H24N4OS. The number of carbonyl (C=O) groups is 1. The van der Waals surface area contributed by atoms with E-state index in [0.29, 0.717) is 12.3 Å². The van der Waals surface area contributed by atoms with Crippen molar-refractivity contribution in [3.05, 3.63) is 59.7 Å². The summed E-state index contributed by atoms with van der Waals surface area (Å²) < 4.78 is 0. The van der Waals surface area contributed by atoms with Gasteiger partial charge in [-0.3, -0.25) is 4.79 Å². The Morgan fingerprint density at radius 1 is 1.23 bits per heavy atom. The molecule has 0 spiro atoms. The van der Waals surface area contributed by atoms with Gasteiger partial charge >= 0.3 is 0 Å². The number of aromatic amines is 1. The minimum absolute atomic E-state index is 0.00872. The number of carbonyl (C=O) groups excluding carboxylic acids is 1. The zero-order chi connectivity index (χ0) is 18.5. The van der Waals surface area contributed by atoms with Crippen LogP contribution >= 0.6 is 11.8 Å². The van der Waals surface area contributed by atoms with Crippen LogP contribution < -0.4 is 5.32 Å². The second-order valence-corrected chi connectivity index (χ2v) is 7.51. The maximum absolute atomic E-state index is 12.3. The Labute approximate surface area is 158 Å². The molecule has 0 aliphatic heterocycles. The van der Waals surface area contributed by atoms with Gasteiger partial charge in [0.25, 0.3) is 0 Å². The van der Waals surface area contributed by atoms with Crippen molar-refractivity contribution in [2.24, 2.45) is 0 Å². The lowest BCUT2D eigenvalue weighted by molar-refractivity contribution is -0.118. The van der Waals surface area contributed by atoms with Gasteiger partial charge in [0.15, 0.2) is 5.16 Å². The maximum atomic E-state index is 12.3. The average molecular weight is 369 g/mol. The van der Waals surface area contributed by atoms with E-state index in [9.17, 15) is 4.79 Å². The van der Waals surface area contributed by atoms with Gasteiger partial charge in [-0.1, -0.05) is 48.2 Å². The van der Waals surface area contributed by atoms with Crippen molar-refractivity contribution in [2.75, 3.05) is 26.4 Å². The average Bonchev–Trinajstić information content (AvgIpc) is 3.02. The van der Waals surface area contributed by atoms with E-state index in [1.165, 1.54) is 22.9 Å². The first-order chi connectivity index (χ1) is 12.5. The summed E-state index contributed by atoms with van der Waals surface area (Å²) in [4.78, 5) is 22.1. The molecule has 0 fully saturated rings. The van der Waals surface area contributed by atoms with Crippen molar-refractivity contribution >= 4 is 28.7 Å². The molecule has 2 aromatic carbocycles. The number of hydrogen-bond acceptors (Lipinski definition) is 4. The van der Waals surface area contributed by atoms with Crippen LogP contribution in [0.5, 0.6) is 0 Å². The van der Waals surface area contributed by atoms with Gasteiger partial charge in [0.2, 0.25) is 5.91 Å². The van der Waals surface area contributed by atoms with Crippen LogP contribution in [0.2, 0.25) is 0 Å². The second-order valence-electron chi connectivity index (χ2n) is 6.55. The summed E-state index contributed by atoms with van der Waals surface area (Å²) >= 11 is 1.42. The Morgan fingerprint density at radius 2 is 2.00 bits per heavy atom. The molecule has 2 N–H and O–H groups in total. The molecule has 26 heavy (non-hydrogen) atoms. The Morgan fingerprint density at radius 3 is 2.73 bits per heavy atom. The Kier molecular flexibility index (Phi) is 5.96. The van der Waals surface area contributed by atoms with Gasteiger partial charge in [0, 0.05) is 6.54 Å². The summed E-state index contributed by atoms with van der Waals surface area (Å²) in [5.74, 6) is 0.350. The number of nitrogens with zero attached hydrogens (tertiary/aromatic N) is 2. The number of imidazole rings is 1. The number of rotatable bonds is 7. The first kappa shape index (κ1) is 18.5. The smallest absolute Gasteiger partial charge is 0.230 e. The third-order valence-electron chi connectivity index (χ3n) is 4.26. The van der Waals surface area contributed by atoms with Crippen molar-refractivity contribution in [1.29, 1.82) is 0 Å². The lowest BCUT2D eigenvalue weighted by atomic mass is 10.1. The van der Waals surface area contributed by atoms with E-state index in [0.717, 1.165) is 16.2 Å². The number of thioether (sulfide) groups is 1. The third kappa shape index (κ3) is 4.65. The van der Waals surface area contributed by atoms with E-state index in [1.807, 2.05) is 44.4 Å². The highest BCUT2D eigenvalue weighted by Crippen LogP contribution is 2.20. The Hall–Kier alpha value is -2.31. The Bertz CT molecular complexity index is 876. The number of benzene rings is 2. The molecular weight excluding hydrogens is 344 g/mol. The van der Waals surface area contributed by atoms with Gasteiger partial charge in [-0.15, -0.1) is 0 Å². The number of amides is 1. The lowest BCUT2D eigenvalue weighted by Gasteiger charge is -2.25. The van der Waals surface area contributed by atoms with Gasteiger partial charge in [-0.2, -0.15) is 0 Å². The van der Waals surface area contributed by atoms with Gasteiger partial charge < -0.3 is 15.2 Å². The normalized spacial score (nSPS) is 12.5. The highest BCUT2D eigenvalue weighted by atomic mass is 32.2. The molecule has 1 atom stereocenters. The summed E-state index contributed by atoms with van der Waals surface area (Å²) in [6.45, 7) is 2.63. The summed E-state index contributed by atoms with van der Waals surface area (Å²) in [5, 5.41) is 3.80. The highest BCUT2D eigenvalue weighted by Gasteiger charge is 2.15. The molecule has 0 aliphatic rings. The van der Waals surface area contributed by atoms with Gasteiger partial charge in [-0.25, -0.2) is 4.98 Å². The monoisotopic (exact) mass is 368 g/mol. The molecule has 1 amide bonds. The molecule has 0 bridgehead atoms. The molecule has 5 nitrogen and oxygen atoms in total. The van der Waals surface area contributed by atoms with Crippen molar-refractivity contribution in [3.8, 4) is 0 Å². The molecule has 1 unspecified atom stereocenters. The van der Waals surface area contributed by atoms with Crippen LogP contribution in [0.15, 0.2) is 53.7 Å². The molecule has 1 aromatic heterocycles. The topological polar surface area (TPSA) is 61.0 Å². The summed E-state index contributed by atoms with van der Waals surface area (Å²) in [5.41, 5.74) is 4.31. The van der Waals surface area contributed by atoms with Crippen LogP contribution in [0.1, 0.15) is 17.2 Å². The largest absolute Gasteiger partial charge is 0.353 e. The molecule has 0 aliphatic carbocycles. The molecule has 6 heteroatoms. The van der Waals surface area contributed by atoms with Crippen LogP contribution in [0.4, 0.5) is 0 Å². The summed E-state index contributed by atoms with van der Waals surface area (Å²) in [7, 11) is 4.05. The van der Waals surface area contributed by atoms with Gasteiger partial charge in [-0.05, 0) is 44.3 Å². The van der Waals surface area contributed by atoms with Gasteiger partial charge in [0.05, 0.1) is 22.8 Å². The van der Waals surface area contributed by atoms with E-state index < -0.39 is 0 Å². The molecule has 3 rings (SSSR count). The fourth-order valence-electron chi connectivity index (χ4n) is 2.84. The molecule has 3 aromatic rings. The number of aromatic nitrogens is 2. The van der Waals surface area contributed by atoms with Crippen LogP contribution in [0, 0.1) is 6.92 Å². The number of nitrogens with one attached hydrogen (secondary N) is 2. The van der Waals surface area contributed by atoms with Crippen LogP contribution in [0.3, 0.4) is 0 Å². The molecule has 0 radical (unpaired) electrons. The Balaban J connectivity index is 1.54. The molecule has 0 saturated heterocycles. The minimum Gasteiger partial charge on any atom is -0.353 e. The van der Waals surface area contributed by atoms with E-state index >= 15 is 0 Å². The van der Waals surface area contributed by atoms with Crippen molar-refractivity contribution in [1.82, 2.24) is 20.2 Å². The quantitative estimate of drug-likeness (QED) is 0.628. The summed E-state index contributed by atoms with van der Waals surface area (Å²) in [6.07, 6.45) is 0. The number of aryl methyl sites for hydroxylation is 1. The molecule has 136 valence electrons. The van der Waals surface area contributed by atoms with E-state index in [1.54, 1.807) is 0 Å². The number of likely N-dealkylation sites (N-methyl/N-ethyl adjacent to an activating group) is 1. The first-order valence-corrected chi connectivity index (χ1v) is 9.59. The van der Waals surface area contributed by atoms with Crippen LogP contribution in [0.25, 0.3) is 11.0 Å². The predicted octanol–water partition coefficient (Wildman–Crippen LogP) is 3.38. The maximum Gasteiger partial charge on any atom is 0.230 e. The van der Waals surface area contributed by atoms with E-state index in [2.05, 4.69) is 45.3 Å². The van der Waals surface area contributed by atoms with Crippen molar-refractivity contribution in [2.45, 2.75) is 18.1 Å². The summed E-state index contributed by atoms with van der Waals surface area (Å²) in [6, 6.07) is 16.5. The third-order valence-corrected chi connectivity index (χ3v) is 5.13. The zero-order valence-corrected chi connectivity index (χ0v) is 16.1. The predicted molar refractivity (Wildman–Crippen MR) is 107 cm³/mol. The van der Waals surface area contributed by atoms with Crippen LogP contribution in [-0.4, -0.2) is 47.2 Å². The molecule has 1 heterocycles. The lowest BCUT2D eigenvalue weighted by Crippen LogP contribution is -2.35. The fourth-order valence-corrected chi connectivity index (χ4v) is 3.55. The number of fused-ring (bicyclic) bond motifs is 1. The van der Waals surface area contributed by atoms with E-state index in [4.69, 9.17) is 0 Å². The number of H-pyrrole nitrogens is 1. The van der Waals surface area contributed by atoms with Crippen molar-refractivity contribution < 1.29 is 4.79 Å². The van der Waals surface area contributed by atoms with Gasteiger partial charge in [0.1, 0.15) is 0 Å². The SMILES string of the molecule is Cc1ccc2nc(SCC(=O)NCC(c3ccccc3)N(C)C)[nH]c2c1. The highest BCUT2D eigenvalue weighted by molar-refractivity contribution is 7.99. The standard InChI is InChI=1S/C20H24N4OS/c1-14-9-10-16-17(11-14)23-20(22-16)26-13-19(25)21-12-18(24(2)3)15-7-5-4-6-8-15/h4-11,18H,12-13H2,1-3H3,(H,21,25)(H,22,23). The fraction of sp³-hybridized carbons (Fsp3) is 0.300.